The molecule has 0 heterocycles. The second-order valence-electron chi connectivity index (χ2n) is 3.35. The molecule has 0 nitrogen and oxygen atoms in total. The van der Waals surface area contributed by atoms with Gasteiger partial charge in [0.2, 0.25) is 0 Å². The zero-order valence-electron chi connectivity index (χ0n) is 8.20. The van der Waals surface area contributed by atoms with Crippen LogP contribution in [0.1, 0.15) is 12.5 Å². The summed E-state index contributed by atoms with van der Waals surface area (Å²) in [7, 11) is 0. The number of benzene rings is 1. The van der Waals surface area contributed by atoms with Crippen LogP contribution in [0, 0.1) is 0 Å². The van der Waals surface area contributed by atoms with Crippen LogP contribution in [-0.4, -0.2) is 0 Å². The summed E-state index contributed by atoms with van der Waals surface area (Å²) in [6.45, 7) is 2.07. The van der Waals surface area contributed by atoms with E-state index in [1.165, 1.54) is 16.7 Å². The molecule has 0 spiro atoms. The van der Waals surface area contributed by atoms with E-state index in [0.717, 1.165) is 0 Å². The van der Waals surface area contributed by atoms with Crippen molar-refractivity contribution in [2.75, 3.05) is 0 Å². The van der Waals surface area contributed by atoms with Gasteiger partial charge in [-0.3, -0.25) is 0 Å². The molecule has 0 bridgehead atoms. The molecule has 1 aromatic carbocycles. The summed E-state index contributed by atoms with van der Waals surface area (Å²) < 4.78 is 0. The molecule has 0 unspecified atom stereocenters. The predicted octanol–water partition coefficient (Wildman–Crippen LogP) is 3.74. The van der Waals surface area contributed by atoms with Crippen molar-refractivity contribution in [1.29, 1.82) is 0 Å². The van der Waals surface area contributed by atoms with Crippen molar-refractivity contribution in [1.82, 2.24) is 0 Å². The minimum Gasteiger partial charge on any atom is -0.120 e. The van der Waals surface area contributed by atoms with Crippen molar-refractivity contribution < 1.29 is 0 Å². The third kappa shape index (κ3) is 1.93. The van der Waals surface area contributed by atoms with Crippen molar-refractivity contribution >= 4 is 5.57 Å². The van der Waals surface area contributed by atoms with Crippen LogP contribution in [0.5, 0.6) is 0 Å². The fraction of sp³-hybridized carbons (Fsp3) is 0.0714. The van der Waals surface area contributed by atoms with Gasteiger partial charge in [0, 0.05) is 0 Å². The van der Waals surface area contributed by atoms with E-state index in [4.69, 9.17) is 0 Å². The van der Waals surface area contributed by atoms with Gasteiger partial charge in [-0.25, -0.2) is 0 Å². The molecular weight excluding hydrogens is 168 g/mol. The Morgan fingerprint density at radius 1 is 0.929 bits per heavy atom. The van der Waals surface area contributed by atoms with Crippen molar-refractivity contribution in [3.8, 4) is 0 Å². The van der Waals surface area contributed by atoms with E-state index in [0.29, 0.717) is 0 Å². The first-order chi connectivity index (χ1) is 6.86. The summed E-state index contributed by atoms with van der Waals surface area (Å²) in [6.07, 6.45) is 8.24. The number of hydrogen-bond donors (Lipinski definition) is 0. The highest BCUT2D eigenvalue weighted by molar-refractivity contribution is 5.75. The molecular formula is C14H12. The van der Waals surface area contributed by atoms with Gasteiger partial charge >= 0.3 is 0 Å². The summed E-state index contributed by atoms with van der Waals surface area (Å²) >= 11 is 0. The minimum atomic E-state index is 1.21. The summed E-state index contributed by atoms with van der Waals surface area (Å²) in [5.74, 6) is 0. The Kier molecular flexibility index (Phi) is 2.48. The molecule has 68 valence electrons. The number of hydrogen-bond acceptors (Lipinski definition) is 0. The first kappa shape index (κ1) is 8.80. The van der Waals surface area contributed by atoms with Crippen molar-refractivity contribution in [2.24, 2.45) is 0 Å². The molecule has 2 rings (SSSR count). The van der Waals surface area contributed by atoms with Gasteiger partial charge < -0.3 is 0 Å². The van der Waals surface area contributed by atoms with Crippen LogP contribution in [0.4, 0.5) is 0 Å². The molecule has 0 heteroatoms. The van der Waals surface area contributed by atoms with Gasteiger partial charge in [0.1, 0.15) is 0 Å². The topological polar surface area (TPSA) is 0 Å². The first-order valence-corrected chi connectivity index (χ1v) is 4.73. The van der Waals surface area contributed by atoms with Gasteiger partial charge in [0.05, 0.1) is 0 Å². The third-order valence-electron chi connectivity index (χ3n) is 2.18. The summed E-state index contributed by atoms with van der Waals surface area (Å²) in [4.78, 5) is 0. The van der Waals surface area contributed by atoms with E-state index in [2.05, 4.69) is 49.1 Å². The van der Waals surface area contributed by atoms with Crippen LogP contribution < -0.4 is 0 Å². The summed E-state index contributed by atoms with van der Waals surface area (Å²) in [5, 5.41) is 0. The Balaban J connectivity index is 2.43. The Hall–Kier alpha value is -1.78. The molecule has 0 amide bonds. The zero-order chi connectivity index (χ0) is 9.80. The first-order valence-electron chi connectivity index (χ1n) is 4.73. The fourth-order valence-corrected chi connectivity index (χ4v) is 1.39. The van der Waals surface area contributed by atoms with Gasteiger partial charge in [-0.1, -0.05) is 42.5 Å². The molecule has 0 saturated heterocycles. The lowest BCUT2D eigenvalue weighted by Crippen LogP contribution is -1.77. The molecule has 1 aliphatic carbocycles. The smallest absolute Gasteiger partial charge is 0.0107 e. The lowest BCUT2D eigenvalue weighted by molar-refractivity contribution is 1.54. The van der Waals surface area contributed by atoms with Crippen LogP contribution in [0.15, 0.2) is 65.9 Å². The molecule has 0 aliphatic heterocycles. The average Bonchev–Trinajstić information content (AvgIpc) is 2.44. The van der Waals surface area contributed by atoms with Gasteiger partial charge in [0.25, 0.3) is 0 Å². The largest absolute Gasteiger partial charge is 0.120 e. The zero-order valence-corrected chi connectivity index (χ0v) is 8.20. The Labute approximate surface area is 84.6 Å². The highest BCUT2D eigenvalue weighted by atomic mass is 14.0. The summed E-state index contributed by atoms with van der Waals surface area (Å²) in [6, 6.07) is 10.3. The Bertz CT molecular complexity index is 438. The van der Waals surface area contributed by atoms with E-state index in [1.807, 2.05) is 18.2 Å². The number of allylic oxidation sites excluding steroid dienone is 5. The quantitative estimate of drug-likeness (QED) is 0.577. The van der Waals surface area contributed by atoms with E-state index in [-0.39, 0.29) is 0 Å². The maximum atomic E-state index is 3.16. The minimum absolute atomic E-state index is 1.21. The van der Waals surface area contributed by atoms with Gasteiger partial charge in [-0.2, -0.15) is 0 Å². The highest BCUT2D eigenvalue weighted by Gasteiger charge is 1.96. The Morgan fingerprint density at radius 3 is 2.50 bits per heavy atom. The lowest BCUT2D eigenvalue weighted by Gasteiger charge is -1.98. The van der Waals surface area contributed by atoms with Crippen molar-refractivity contribution in [2.45, 2.75) is 6.92 Å². The molecule has 0 atom stereocenters. The van der Waals surface area contributed by atoms with Crippen LogP contribution in [0.3, 0.4) is 0 Å². The lowest BCUT2D eigenvalue weighted by atomic mass is 10.1. The molecule has 0 fully saturated rings. The average molecular weight is 180 g/mol. The van der Waals surface area contributed by atoms with E-state index in [9.17, 15) is 0 Å². The van der Waals surface area contributed by atoms with E-state index >= 15 is 0 Å². The molecule has 14 heavy (non-hydrogen) atoms. The van der Waals surface area contributed by atoms with Gasteiger partial charge in [-0.15, -0.1) is 5.73 Å². The maximum absolute atomic E-state index is 3.16. The third-order valence-corrected chi connectivity index (χ3v) is 2.18. The molecule has 0 aromatic heterocycles. The molecule has 1 aliphatic rings. The van der Waals surface area contributed by atoms with Gasteiger partial charge in [0.15, 0.2) is 0 Å². The summed E-state index contributed by atoms with van der Waals surface area (Å²) in [5.41, 5.74) is 6.83. The van der Waals surface area contributed by atoms with Crippen LogP contribution in [0.2, 0.25) is 0 Å². The van der Waals surface area contributed by atoms with Crippen molar-refractivity contribution in [3.63, 3.8) is 0 Å². The molecule has 0 N–H and O–H groups in total. The monoisotopic (exact) mass is 180 g/mol. The molecule has 1 aromatic rings. The van der Waals surface area contributed by atoms with E-state index in [1.54, 1.807) is 0 Å². The second kappa shape index (κ2) is 3.95. The van der Waals surface area contributed by atoms with Crippen LogP contribution >= 0.6 is 0 Å². The predicted molar refractivity (Wildman–Crippen MR) is 60.8 cm³/mol. The second-order valence-corrected chi connectivity index (χ2v) is 3.35. The van der Waals surface area contributed by atoms with Crippen LogP contribution in [-0.2, 0) is 0 Å². The SMILES string of the molecule is CC1=CC=C(c2ccccc2)C=C=C1. The fourth-order valence-electron chi connectivity index (χ4n) is 1.39. The van der Waals surface area contributed by atoms with Gasteiger partial charge in [-0.05, 0) is 35.8 Å². The highest BCUT2D eigenvalue weighted by Crippen LogP contribution is 2.17. The molecule has 0 radical (unpaired) electrons. The normalized spacial score (nSPS) is 14.6. The van der Waals surface area contributed by atoms with Crippen molar-refractivity contribution in [3.05, 3.63) is 71.5 Å². The van der Waals surface area contributed by atoms with Crippen LogP contribution in [0.25, 0.3) is 5.57 Å². The Morgan fingerprint density at radius 2 is 1.71 bits per heavy atom. The maximum Gasteiger partial charge on any atom is -0.0107 e. The number of rotatable bonds is 1. The molecule has 0 saturated carbocycles. The van der Waals surface area contributed by atoms with E-state index < -0.39 is 0 Å². The standard InChI is InChI=1S/C14H12/c1-12-6-5-9-14(11-10-12)13-7-3-2-4-8-13/h2-4,6-11H,1H3.